The Hall–Kier alpha value is -4.75. The van der Waals surface area contributed by atoms with Crippen LogP contribution in [0.15, 0.2) is 106 Å². The van der Waals surface area contributed by atoms with Gasteiger partial charge in [-0.3, -0.25) is 19.8 Å². The van der Waals surface area contributed by atoms with Crippen molar-refractivity contribution in [1.82, 2.24) is 25.3 Å². The number of aliphatic imine (C=N–C) groups is 2. The molecule has 3 heterocycles. The predicted molar refractivity (Wildman–Crippen MR) is 218 cm³/mol. The number of nitrogens with zero attached hydrogens (tertiary/aromatic N) is 5. The van der Waals surface area contributed by atoms with Crippen LogP contribution >= 0.6 is 11.6 Å². The van der Waals surface area contributed by atoms with Crippen LogP contribution in [0.2, 0.25) is 5.02 Å². The van der Waals surface area contributed by atoms with Gasteiger partial charge < -0.3 is 20.1 Å². The average Bonchev–Trinajstić information content (AvgIpc) is 3.75. The maximum absolute atomic E-state index is 14.1. The number of allylic oxidation sites excluding steroid dienone is 5. The predicted octanol–water partition coefficient (Wildman–Crippen LogP) is 7.62. The number of amidine groups is 1. The molecule has 0 fully saturated rings. The van der Waals surface area contributed by atoms with E-state index < -0.39 is 0 Å². The number of hydrogen-bond acceptors (Lipinski definition) is 8. The Morgan fingerprint density at radius 2 is 2.04 bits per heavy atom. The number of carbonyl (C=O) groups is 1. The lowest BCUT2D eigenvalue weighted by molar-refractivity contribution is -0.108. The van der Waals surface area contributed by atoms with Crippen LogP contribution in [0.1, 0.15) is 51.2 Å². The zero-order valence-electron chi connectivity index (χ0n) is 32.3. The number of carbonyl (C=O) groups excluding carboxylic acids is 1. The summed E-state index contributed by atoms with van der Waals surface area (Å²) in [6.45, 7) is 15.9. The molecule has 3 aromatic rings. The van der Waals surface area contributed by atoms with Gasteiger partial charge in [-0.15, -0.1) is 0 Å². The maximum Gasteiger partial charge on any atom is 0.211 e. The van der Waals surface area contributed by atoms with Crippen molar-refractivity contribution in [1.29, 1.82) is 0 Å². The van der Waals surface area contributed by atoms with Crippen molar-refractivity contribution in [3.8, 4) is 0 Å². The van der Waals surface area contributed by atoms with E-state index in [2.05, 4.69) is 69.9 Å². The second-order valence-corrected chi connectivity index (χ2v) is 14.1. The molecule has 0 spiro atoms. The molecule has 0 radical (unpaired) electrons. The van der Waals surface area contributed by atoms with E-state index in [-0.39, 0.29) is 23.3 Å². The number of rotatable bonds is 14. The Morgan fingerprint density at radius 1 is 1.24 bits per heavy atom. The van der Waals surface area contributed by atoms with Gasteiger partial charge in [0.1, 0.15) is 23.0 Å². The average molecular weight is 776 g/mol. The summed E-state index contributed by atoms with van der Waals surface area (Å²) in [6, 6.07) is 8.11. The quantitative estimate of drug-likeness (QED) is 0.0882. The molecule has 2 atom stereocenters. The number of aryl methyl sites for hydroxylation is 1. The summed E-state index contributed by atoms with van der Waals surface area (Å²) in [7, 11) is 1.00. The fourth-order valence-corrected chi connectivity index (χ4v) is 6.79. The third-order valence-electron chi connectivity index (χ3n) is 9.54. The lowest BCUT2D eigenvalue weighted by atomic mass is 9.87. The number of ether oxygens (including phenoxy) is 1. The van der Waals surface area contributed by atoms with E-state index in [0.29, 0.717) is 35.5 Å². The molecule has 2 aliphatic heterocycles. The molecule has 0 bridgehead atoms. The van der Waals surface area contributed by atoms with Crippen LogP contribution < -0.4 is 5.32 Å². The molecule has 2 unspecified atom stereocenters. The molecular formula is C42H52ClF2N7O3. The molecular weight excluding hydrogens is 724 g/mol. The first-order valence-corrected chi connectivity index (χ1v) is 18.7. The first-order chi connectivity index (χ1) is 26.5. The van der Waals surface area contributed by atoms with Gasteiger partial charge in [-0.2, -0.15) is 5.10 Å². The number of benzene rings is 2. The van der Waals surface area contributed by atoms with Crippen LogP contribution in [0.3, 0.4) is 0 Å². The number of nitrogens with one attached hydrogen (secondary N) is 2. The lowest BCUT2D eigenvalue weighted by Crippen LogP contribution is -2.52. The number of halogens is 3. The molecule has 10 nitrogen and oxygen atoms in total. The number of fused-ring (bicyclic) bond motifs is 2. The van der Waals surface area contributed by atoms with E-state index in [1.807, 2.05) is 37.3 Å². The fourth-order valence-electron chi connectivity index (χ4n) is 6.63. The van der Waals surface area contributed by atoms with Gasteiger partial charge >= 0.3 is 0 Å². The monoisotopic (exact) mass is 775 g/mol. The highest BCUT2D eigenvalue weighted by atomic mass is 35.5. The van der Waals surface area contributed by atoms with E-state index in [1.165, 1.54) is 12.1 Å². The Bertz CT molecular complexity index is 1990. The summed E-state index contributed by atoms with van der Waals surface area (Å²) in [6.07, 6.45) is 17.4. The molecule has 0 saturated heterocycles. The second-order valence-electron chi connectivity index (χ2n) is 13.6. The SMILES string of the molecule is C=N/C(=C\C=C/Cc1ccc(Cl)cc1F)C1=CCN(CC2=NC3=CC(NC=O)=CCC3(C)N2CC(C)OCCC)CC1.CO.Cc1cc(F)c2[nH]ncc2c1. The molecule has 3 aliphatic rings. The number of aliphatic hydroxyl groups excluding tert-OH is 1. The van der Waals surface area contributed by atoms with Crippen molar-refractivity contribution in [2.45, 2.75) is 65.0 Å². The van der Waals surface area contributed by atoms with Gasteiger partial charge in [0.2, 0.25) is 6.41 Å². The molecule has 55 heavy (non-hydrogen) atoms. The van der Waals surface area contributed by atoms with Crippen molar-refractivity contribution in [3.05, 3.63) is 123 Å². The Kier molecular flexibility index (Phi) is 16.3. The van der Waals surface area contributed by atoms with E-state index in [1.54, 1.807) is 18.3 Å². The zero-order valence-corrected chi connectivity index (χ0v) is 33.0. The number of aromatic amines is 1. The number of H-pyrrole nitrogens is 1. The van der Waals surface area contributed by atoms with Crippen molar-refractivity contribution in [2.75, 3.05) is 39.9 Å². The first-order valence-electron chi connectivity index (χ1n) is 18.4. The molecule has 1 aliphatic carbocycles. The topological polar surface area (TPSA) is 118 Å². The van der Waals surface area contributed by atoms with E-state index in [4.69, 9.17) is 26.4 Å². The molecule has 1 aromatic heterocycles. The van der Waals surface area contributed by atoms with Gasteiger partial charge in [-0.25, -0.2) is 13.8 Å². The summed E-state index contributed by atoms with van der Waals surface area (Å²) in [5, 5.41) is 17.3. The Balaban J connectivity index is 0.000000435. The highest BCUT2D eigenvalue weighted by Crippen LogP contribution is 2.40. The van der Waals surface area contributed by atoms with Gasteiger partial charge in [0, 0.05) is 49.5 Å². The molecule has 294 valence electrons. The summed E-state index contributed by atoms with van der Waals surface area (Å²) < 4.78 is 33.1. The number of aliphatic hydroxyl groups is 1. The van der Waals surface area contributed by atoms with E-state index in [0.717, 1.165) is 92.1 Å². The summed E-state index contributed by atoms with van der Waals surface area (Å²) in [5.41, 5.74) is 5.43. The first kappa shape index (κ1) is 43.0. The van der Waals surface area contributed by atoms with Crippen molar-refractivity contribution >= 4 is 41.5 Å². The minimum Gasteiger partial charge on any atom is -0.400 e. The normalized spacial score (nSPS) is 18.9. The van der Waals surface area contributed by atoms with Crippen molar-refractivity contribution in [3.63, 3.8) is 0 Å². The van der Waals surface area contributed by atoms with Crippen LogP contribution in [-0.2, 0) is 16.0 Å². The third-order valence-corrected chi connectivity index (χ3v) is 9.77. The molecule has 13 heteroatoms. The van der Waals surface area contributed by atoms with Gasteiger partial charge in [-0.05, 0) is 106 Å². The number of hydrogen-bond donors (Lipinski definition) is 3. The Morgan fingerprint density at radius 3 is 2.73 bits per heavy atom. The fraction of sp³-hybridized carbons (Fsp3) is 0.381. The molecule has 1 amide bonds. The summed E-state index contributed by atoms with van der Waals surface area (Å²) >= 11 is 5.85. The summed E-state index contributed by atoms with van der Waals surface area (Å²) in [5.74, 6) is 0.473. The van der Waals surface area contributed by atoms with Crippen LogP contribution in [-0.4, -0.2) is 95.6 Å². The maximum atomic E-state index is 14.1. The van der Waals surface area contributed by atoms with Crippen LogP contribution in [0, 0.1) is 18.6 Å². The highest BCUT2D eigenvalue weighted by Gasteiger charge is 2.44. The van der Waals surface area contributed by atoms with E-state index in [9.17, 15) is 13.6 Å². The van der Waals surface area contributed by atoms with E-state index >= 15 is 0 Å². The second kappa shape index (κ2) is 20.8. The minimum absolute atomic E-state index is 0.0632. The highest BCUT2D eigenvalue weighted by molar-refractivity contribution is 6.30. The molecule has 6 rings (SSSR count). The largest absolute Gasteiger partial charge is 0.400 e. The number of amides is 1. The van der Waals surface area contributed by atoms with Crippen LogP contribution in [0.5, 0.6) is 0 Å². The van der Waals surface area contributed by atoms with Crippen LogP contribution in [0.25, 0.3) is 10.9 Å². The van der Waals surface area contributed by atoms with Gasteiger partial charge in [0.15, 0.2) is 0 Å². The third kappa shape index (κ3) is 11.4. The zero-order chi connectivity index (χ0) is 40.0. The van der Waals surface area contributed by atoms with Crippen molar-refractivity contribution < 1.29 is 23.4 Å². The van der Waals surface area contributed by atoms with Gasteiger partial charge in [-0.1, -0.05) is 48.9 Å². The van der Waals surface area contributed by atoms with Crippen molar-refractivity contribution in [2.24, 2.45) is 9.98 Å². The number of aromatic nitrogens is 2. The lowest BCUT2D eigenvalue weighted by Gasteiger charge is -2.41. The standard InChI is InChI=1S/C33H41ClFN5O2.C8H7FN2.CH4O/c1-5-18-42-24(2)21-40-32(38-31-20-28(37-23-41)12-15-33(31,40)3)22-39-16-13-26(14-17-39)30(36-4)9-7-6-8-25-10-11-27(34)19-29(25)35;1-5-2-6-4-10-11-8(6)7(9)3-5;1-2/h6-7,9-13,19-20,23-24H,4-5,8,14-18,21-22H2,1-3H3,(H,37,41);2-4H,1H3,(H,10,11);2H,1H3/b7-6-,30-9-;;. The smallest absolute Gasteiger partial charge is 0.211 e. The molecule has 0 saturated carbocycles. The van der Waals surface area contributed by atoms with Crippen LogP contribution in [0.4, 0.5) is 8.78 Å². The van der Waals surface area contributed by atoms with Gasteiger partial charge in [0.05, 0.1) is 35.8 Å². The Labute approximate surface area is 327 Å². The molecule has 2 aromatic carbocycles. The van der Waals surface area contributed by atoms with Gasteiger partial charge in [0.25, 0.3) is 0 Å². The molecule has 3 N–H and O–H groups in total. The summed E-state index contributed by atoms with van der Waals surface area (Å²) in [4.78, 5) is 25.1. The minimum atomic E-state index is -0.305.